The quantitative estimate of drug-likeness (QED) is 0.612. The molecule has 2 aliphatic carbocycles. The van der Waals surface area contributed by atoms with E-state index in [1.165, 1.54) is 0 Å². The Balaban J connectivity index is 1.82. The molecule has 2 bridgehead atoms. The minimum absolute atomic E-state index is 0.0532. The second-order valence-electron chi connectivity index (χ2n) is 10.5. The summed E-state index contributed by atoms with van der Waals surface area (Å²) in [4.78, 5) is 25.5. The molecule has 0 N–H and O–H groups in total. The first-order valence-electron chi connectivity index (χ1n) is 10.4. The van der Waals surface area contributed by atoms with Crippen molar-refractivity contribution >= 4 is 11.9 Å². The van der Waals surface area contributed by atoms with E-state index in [4.69, 9.17) is 9.47 Å². The number of esters is 2. The largest absolute Gasteiger partial charge is 0.458 e. The van der Waals surface area contributed by atoms with Gasteiger partial charge >= 0.3 is 11.9 Å². The van der Waals surface area contributed by atoms with Crippen molar-refractivity contribution in [3.63, 3.8) is 0 Å². The molecular weight excluding hydrogens is 328 g/mol. The van der Waals surface area contributed by atoms with Crippen molar-refractivity contribution in [3.8, 4) is 0 Å². The van der Waals surface area contributed by atoms with Gasteiger partial charge in [0.05, 0.1) is 11.3 Å². The number of hydrogen-bond donors (Lipinski definition) is 0. The maximum absolute atomic E-state index is 13.5. The lowest BCUT2D eigenvalue weighted by Gasteiger charge is -2.46. The highest BCUT2D eigenvalue weighted by molar-refractivity contribution is 5.79. The minimum Gasteiger partial charge on any atom is -0.458 e. The van der Waals surface area contributed by atoms with E-state index in [-0.39, 0.29) is 46.8 Å². The van der Waals surface area contributed by atoms with E-state index in [1.807, 2.05) is 0 Å². The molecule has 2 saturated carbocycles. The summed E-state index contributed by atoms with van der Waals surface area (Å²) in [5, 5.41) is 0. The number of carbonyl (C=O) groups excluding carboxylic acids is 2. The molecule has 6 atom stereocenters. The van der Waals surface area contributed by atoms with Crippen molar-refractivity contribution in [1.29, 1.82) is 0 Å². The van der Waals surface area contributed by atoms with Gasteiger partial charge in [-0.3, -0.25) is 9.59 Å². The van der Waals surface area contributed by atoms with Crippen LogP contribution in [0.25, 0.3) is 0 Å². The Morgan fingerprint density at radius 1 is 1.12 bits per heavy atom. The molecule has 1 aliphatic heterocycles. The highest BCUT2D eigenvalue weighted by atomic mass is 16.6. The van der Waals surface area contributed by atoms with E-state index in [0.717, 1.165) is 32.1 Å². The molecule has 4 heteroatoms. The van der Waals surface area contributed by atoms with E-state index in [9.17, 15) is 9.59 Å². The van der Waals surface area contributed by atoms with E-state index >= 15 is 0 Å². The molecule has 3 rings (SSSR count). The van der Waals surface area contributed by atoms with Crippen LogP contribution >= 0.6 is 0 Å². The number of ether oxygens (including phenoxy) is 2. The number of rotatable bonds is 7. The summed E-state index contributed by atoms with van der Waals surface area (Å²) >= 11 is 0. The molecule has 0 aromatic rings. The second kappa shape index (κ2) is 6.24. The highest BCUT2D eigenvalue weighted by Gasteiger charge is 2.64. The summed E-state index contributed by atoms with van der Waals surface area (Å²) in [6, 6.07) is 0. The van der Waals surface area contributed by atoms with Crippen LogP contribution in [0.4, 0.5) is 0 Å². The zero-order valence-corrected chi connectivity index (χ0v) is 17.6. The van der Waals surface area contributed by atoms with Crippen LogP contribution in [0.2, 0.25) is 0 Å². The summed E-state index contributed by atoms with van der Waals surface area (Å²) < 4.78 is 11.7. The molecule has 0 spiro atoms. The van der Waals surface area contributed by atoms with Gasteiger partial charge in [-0.15, -0.1) is 0 Å². The first kappa shape index (κ1) is 19.7. The van der Waals surface area contributed by atoms with Gasteiger partial charge in [0.25, 0.3) is 0 Å². The van der Waals surface area contributed by atoms with Crippen LogP contribution in [-0.4, -0.2) is 24.1 Å². The third kappa shape index (κ3) is 2.88. The maximum atomic E-state index is 13.5. The third-order valence-electron chi connectivity index (χ3n) is 8.27. The fraction of sp³-hybridized carbons (Fsp3) is 0.909. The van der Waals surface area contributed by atoms with Crippen LogP contribution in [-0.2, 0) is 19.1 Å². The standard InChI is InChI=1S/C22H36O4/c1-8-20(3,4)12-22(7,21(5,6)9-2)19(24)26-16-13-10-14-15(11-13)18(23)25-17(14)16/h13-17H,8-12H2,1-7H3. The Bertz CT molecular complexity index is 593. The van der Waals surface area contributed by atoms with Gasteiger partial charge < -0.3 is 9.47 Å². The van der Waals surface area contributed by atoms with Crippen molar-refractivity contribution in [2.45, 2.75) is 92.8 Å². The number of hydrogen-bond acceptors (Lipinski definition) is 4. The fourth-order valence-corrected chi connectivity index (χ4v) is 5.38. The van der Waals surface area contributed by atoms with Crippen LogP contribution < -0.4 is 0 Å². The topological polar surface area (TPSA) is 52.6 Å². The first-order chi connectivity index (χ1) is 12.0. The van der Waals surface area contributed by atoms with Gasteiger partial charge in [0.2, 0.25) is 0 Å². The van der Waals surface area contributed by atoms with Gasteiger partial charge in [0, 0.05) is 11.8 Å². The second-order valence-corrected chi connectivity index (χ2v) is 10.5. The molecular formula is C22H36O4. The van der Waals surface area contributed by atoms with Crippen molar-refractivity contribution in [2.24, 2.45) is 34.0 Å². The third-order valence-corrected chi connectivity index (χ3v) is 8.27. The zero-order valence-electron chi connectivity index (χ0n) is 17.6. The first-order valence-corrected chi connectivity index (χ1v) is 10.4. The van der Waals surface area contributed by atoms with Gasteiger partial charge in [0.1, 0.15) is 12.2 Å². The van der Waals surface area contributed by atoms with Crippen molar-refractivity contribution in [2.75, 3.05) is 0 Å². The Labute approximate surface area is 158 Å². The normalized spacial score (nSPS) is 35.3. The predicted molar refractivity (Wildman–Crippen MR) is 100 cm³/mol. The molecule has 3 fully saturated rings. The lowest BCUT2D eigenvalue weighted by atomic mass is 9.58. The molecule has 4 nitrogen and oxygen atoms in total. The summed E-state index contributed by atoms with van der Waals surface area (Å²) in [5.74, 6) is 0.423. The molecule has 3 aliphatic rings. The van der Waals surface area contributed by atoms with E-state index in [0.29, 0.717) is 5.92 Å². The molecule has 1 saturated heterocycles. The predicted octanol–water partition coefficient (Wildman–Crippen LogP) is 4.75. The van der Waals surface area contributed by atoms with Gasteiger partial charge in [-0.2, -0.15) is 0 Å². The Morgan fingerprint density at radius 2 is 1.77 bits per heavy atom. The fourth-order valence-electron chi connectivity index (χ4n) is 5.38. The molecule has 0 aromatic carbocycles. The Hall–Kier alpha value is -1.06. The lowest BCUT2D eigenvalue weighted by molar-refractivity contribution is -0.181. The van der Waals surface area contributed by atoms with E-state index in [2.05, 4.69) is 48.5 Å². The summed E-state index contributed by atoms with van der Waals surface area (Å²) in [5.41, 5.74) is -0.659. The van der Waals surface area contributed by atoms with Crippen LogP contribution in [0.15, 0.2) is 0 Å². The van der Waals surface area contributed by atoms with Crippen LogP contribution in [0.3, 0.4) is 0 Å². The van der Waals surface area contributed by atoms with Crippen LogP contribution in [0, 0.1) is 34.0 Å². The molecule has 26 heavy (non-hydrogen) atoms. The van der Waals surface area contributed by atoms with Gasteiger partial charge in [-0.05, 0) is 43.4 Å². The summed E-state index contributed by atoms with van der Waals surface area (Å²) in [6.45, 7) is 15.2. The lowest BCUT2D eigenvalue weighted by Crippen LogP contribution is -2.48. The SMILES string of the molecule is CCC(C)(C)CC(C)(C(=O)OC1C2CC3C(=O)OC1C3C2)C(C)(C)CC. The molecule has 0 amide bonds. The Morgan fingerprint density at radius 3 is 2.35 bits per heavy atom. The van der Waals surface area contributed by atoms with Crippen molar-refractivity contribution in [3.05, 3.63) is 0 Å². The van der Waals surface area contributed by atoms with Crippen molar-refractivity contribution < 1.29 is 19.1 Å². The molecule has 1 heterocycles. The van der Waals surface area contributed by atoms with Gasteiger partial charge in [-0.25, -0.2) is 0 Å². The summed E-state index contributed by atoms with van der Waals surface area (Å²) in [7, 11) is 0. The Kier molecular flexibility index (Phi) is 4.73. The van der Waals surface area contributed by atoms with E-state index in [1.54, 1.807) is 0 Å². The van der Waals surface area contributed by atoms with Crippen molar-refractivity contribution in [1.82, 2.24) is 0 Å². The highest BCUT2D eigenvalue weighted by Crippen LogP contribution is 2.57. The van der Waals surface area contributed by atoms with Crippen LogP contribution in [0.5, 0.6) is 0 Å². The number of fused-ring (bicyclic) bond motifs is 1. The molecule has 0 aromatic heterocycles. The van der Waals surface area contributed by atoms with Gasteiger partial charge in [-0.1, -0.05) is 48.0 Å². The smallest absolute Gasteiger partial charge is 0.312 e. The zero-order chi connectivity index (χ0) is 19.5. The van der Waals surface area contributed by atoms with Gasteiger partial charge in [0.15, 0.2) is 0 Å². The minimum atomic E-state index is -0.564. The molecule has 0 radical (unpaired) electrons. The molecule has 6 unspecified atom stereocenters. The average molecular weight is 365 g/mol. The monoisotopic (exact) mass is 364 g/mol. The van der Waals surface area contributed by atoms with E-state index < -0.39 is 5.41 Å². The molecule has 148 valence electrons. The maximum Gasteiger partial charge on any atom is 0.312 e. The average Bonchev–Trinajstić information content (AvgIpc) is 3.19. The number of carbonyl (C=O) groups is 2. The summed E-state index contributed by atoms with van der Waals surface area (Å²) in [6.07, 6.45) is 4.07. The van der Waals surface area contributed by atoms with Crippen LogP contribution in [0.1, 0.15) is 80.6 Å².